The first-order chi connectivity index (χ1) is 9.77. The Hall–Kier alpha value is -1.62. The number of piperazine rings is 1. The normalized spacial score (nSPS) is 24.7. The van der Waals surface area contributed by atoms with Crippen LogP contribution < -0.4 is 5.73 Å². The fraction of sp³-hybridized carbons (Fsp3) is 0.500. The fourth-order valence-electron chi connectivity index (χ4n) is 2.55. The number of hydrogen-bond donors (Lipinski definition) is 1. The molecule has 0 saturated carbocycles. The molecule has 21 heavy (non-hydrogen) atoms. The van der Waals surface area contributed by atoms with Crippen molar-refractivity contribution in [3.63, 3.8) is 0 Å². The Labute approximate surface area is 125 Å². The molecule has 0 aromatic heterocycles. The molecule has 114 valence electrons. The van der Waals surface area contributed by atoms with Crippen molar-refractivity contribution in [2.75, 3.05) is 25.9 Å². The topological polar surface area (TPSA) is 90.4 Å². The summed E-state index contributed by atoms with van der Waals surface area (Å²) in [6.45, 7) is 4.82. The molecule has 1 heterocycles. The molecule has 1 fully saturated rings. The van der Waals surface area contributed by atoms with Gasteiger partial charge in [-0.05, 0) is 39.1 Å². The summed E-state index contributed by atoms with van der Waals surface area (Å²) >= 11 is 0. The van der Waals surface area contributed by atoms with Crippen LogP contribution in [0.2, 0.25) is 0 Å². The number of sulfonamides is 1. The lowest BCUT2D eigenvalue weighted by molar-refractivity contribution is 0.105. The molecule has 0 radical (unpaired) electrons. The quantitative estimate of drug-likeness (QED) is 0.818. The first-order valence-corrected chi connectivity index (χ1v) is 8.23. The van der Waals surface area contributed by atoms with Gasteiger partial charge in [-0.15, -0.1) is 0 Å². The molecule has 0 amide bonds. The van der Waals surface area contributed by atoms with Crippen LogP contribution in [0.1, 0.15) is 19.4 Å². The second-order valence-corrected chi connectivity index (χ2v) is 7.46. The molecule has 2 rings (SSSR count). The minimum absolute atomic E-state index is 0.0307. The fourth-order valence-corrected chi connectivity index (χ4v) is 4.28. The van der Waals surface area contributed by atoms with E-state index in [-0.39, 0.29) is 22.5 Å². The zero-order valence-corrected chi connectivity index (χ0v) is 13.3. The molecule has 1 aromatic rings. The number of benzene rings is 1. The first kappa shape index (κ1) is 15.8. The van der Waals surface area contributed by atoms with Gasteiger partial charge in [0.1, 0.15) is 11.0 Å². The van der Waals surface area contributed by atoms with Gasteiger partial charge in [0.05, 0.1) is 5.56 Å². The SMILES string of the molecule is CC1CN(S(=O)(=O)c2ccc(N)cc2C#N)CC(C)N1C. The van der Waals surface area contributed by atoms with Crippen molar-refractivity contribution in [2.24, 2.45) is 0 Å². The number of nitrogen functional groups attached to an aromatic ring is 1. The van der Waals surface area contributed by atoms with Crippen molar-refractivity contribution in [1.29, 1.82) is 5.26 Å². The molecule has 2 unspecified atom stereocenters. The van der Waals surface area contributed by atoms with Gasteiger partial charge in [-0.1, -0.05) is 0 Å². The maximum atomic E-state index is 12.8. The van der Waals surface area contributed by atoms with E-state index in [4.69, 9.17) is 11.0 Å². The van der Waals surface area contributed by atoms with E-state index < -0.39 is 10.0 Å². The van der Waals surface area contributed by atoms with Crippen molar-refractivity contribution >= 4 is 15.7 Å². The third-order valence-electron chi connectivity index (χ3n) is 4.07. The Morgan fingerprint density at radius 2 is 1.86 bits per heavy atom. The summed E-state index contributed by atoms with van der Waals surface area (Å²) in [5.41, 5.74) is 6.09. The number of nitrogens with two attached hydrogens (primary N) is 1. The van der Waals surface area contributed by atoms with E-state index in [2.05, 4.69) is 4.90 Å². The van der Waals surface area contributed by atoms with Crippen LogP contribution in [0.4, 0.5) is 5.69 Å². The van der Waals surface area contributed by atoms with E-state index in [1.807, 2.05) is 27.0 Å². The van der Waals surface area contributed by atoms with Gasteiger partial charge in [0, 0.05) is 30.9 Å². The summed E-state index contributed by atoms with van der Waals surface area (Å²) < 4.78 is 27.0. The Kier molecular flexibility index (Phi) is 4.23. The van der Waals surface area contributed by atoms with Crippen molar-refractivity contribution in [3.8, 4) is 6.07 Å². The molecule has 2 N–H and O–H groups in total. The van der Waals surface area contributed by atoms with Gasteiger partial charge >= 0.3 is 0 Å². The van der Waals surface area contributed by atoms with Crippen LogP contribution in [-0.2, 0) is 10.0 Å². The number of anilines is 1. The van der Waals surface area contributed by atoms with Crippen LogP contribution in [-0.4, -0.2) is 49.8 Å². The third kappa shape index (κ3) is 2.88. The zero-order valence-electron chi connectivity index (χ0n) is 12.4. The minimum atomic E-state index is -3.68. The van der Waals surface area contributed by atoms with Gasteiger partial charge in [0.2, 0.25) is 10.0 Å². The number of likely N-dealkylation sites (N-methyl/N-ethyl adjacent to an activating group) is 1. The molecular formula is C14H20N4O2S. The molecule has 1 aliphatic rings. The number of rotatable bonds is 2. The number of hydrogen-bond acceptors (Lipinski definition) is 5. The highest BCUT2D eigenvalue weighted by Crippen LogP contribution is 2.25. The lowest BCUT2D eigenvalue weighted by Gasteiger charge is -2.41. The van der Waals surface area contributed by atoms with Gasteiger partial charge in [-0.2, -0.15) is 9.57 Å². The summed E-state index contributed by atoms with van der Waals surface area (Å²) in [4.78, 5) is 2.18. The van der Waals surface area contributed by atoms with Crippen LogP contribution in [0.5, 0.6) is 0 Å². The van der Waals surface area contributed by atoms with E-state index >= 15 is 0 Å². The van der Waals surface area contributed by atoms with Crippen LogP contribution in [0, 0.1) is 11.3 Å². The van der Waals surface area contributed by atoms with Gasteiger partial charge < -0.3 is 5.73 Å². The van der Waals surface area contributed by atoms with E-state index in [1.165, 1.54) is 22.5 Å². The molecule has 0 bridgehead atoms. The Morgan fingerprint density at radius 3 is 2.38 bits per heavy atom. The minimum Gasteiger partial charge on any atom is -0.399 e. The van der Waals surface area contributed by atoms with Crippen LogP contribution in [0.25, 0.3) is 0 Å². The highest BCUT2D eigenvalue weighted by molar-refractivity contribution is 7.89. The molecular weight excluding hydrogens is 288 g/mol. The number of nitriles is 1. The molecule has 1 aromatic carbocycles. The van der Waals surface area contributed by atoms with Gasteiger partial charge in [-0.3, -0.25) is 4.90 Å². The lowest BCUT2D eigenvalue weighted by Crippen LogP contribution is -2.56. The zero-order chi connectivity index (χ0) is 15.8. The monoisotopic (exact) mass is 308 g/mol. The predicted octanol–water partition coefficient (Wildman–Crippen LogP) is 0.854. The standard InChI is InChI=1S/C14H20N4O2S/c1-10-8-18(9-11(2)17(10)3)21(19,20)14-5-4-13(16)6-12(14)7-15/h4-6,10-11H,8-9,16H2,1-3H3. The third-order valence-corrected chi connectivity index (χ3v) is 5.96. The van der Waals surface area contributed by atoms with E-state index in [0.29, 0.717) is 18.8 Å². The predicted molar refractivity (Wildman–Crippen MR) is 81.0 cm³/mol. The highest BCUT2D eigenvalue weighted by atomic mass is 32.2. The molecule has 0 aliphatic carbocycles. The molecule has 1 aliphatic heterocycles. The van der Waals surface area contributed by atoms with Crippen molar-refractivity contribution < 1.29 is 8.42 Å². The van der Waals surface area contributed by atoms with E-state index in [0.717, 1.165) is 0 Å². The maximum absolute atomic E-state index is 12.8. The molecule has 7 heteroatoms. The Morgan fingerprint density at radius 1 is 1.29 bits per heavy atom. The largest absolute Gasteiger partial charge is 0.399 e. The van der Waals surface area contributed by atoms with Crippen molar-refractivity contribution in [3.05, 3.63) is 23.8 Å². The summed E-state index contributed by atoms with van der Waals surface area (Å²) in [5.74, 6) is 0. The molecule has 2 atom stereocenters. The van der Waals surface area contributed by atoms with E-state index in [9.17, 15) is 8.42 Å². The molecule has 6 nitrogen and oxygen atoms in total. The van der Waals surface area contributed by atoms with Crippen molar-refractivity contribution in [1.82, 2.24) is 9.21 Å². The summed E-state index contributed by atoms with van der Waals surface area (Å²) in [7, 11) is -1.69. The van der Waals surface area contributed by atoms with Gasteiger partial charge in [-0.25, -0.2) is 8.42 Å². The second-order valence-electron chi connectivity index (χ2n) is 5.55. The van der Waals surface area contributed by atoms with Crippen molar-refractivity contribution in [2.45, 2.75) is 30.8 Å². The maximum Gasteiger partial charge on any atom is 0.244 e. The van der Waals surface area contributed by atoms with Gasteiger partial charge in [0.15, 0.2) is 0 Å². The Bertz CT molecular complexity index is 669. The highest BCUT2D eigenvalue weighted by Gasteiger charge is 2.35. The summed E-state index contributed by atoms with van der Waals surface area (Å²) in [6, 6.07) is 6.49. The van der Waals surface area contributed by atoms with Gasteiger partial charge in [0.25, 0.3) is 0 Å². The second kappa shape index (κ2) is 5.64. The average molecular weight is 308 g/mol. The smallest absolute Gasteiger partial charge is 0.244 e. The van der Waals surface area contributed by atoms with Crippen LogP contribution >= 0.6 is 0 Å². The first-order valence-electron chi connectivity index (χ1n) is 6.79. The lowest BCUT2D eigenvalue weighted by atomic mass is 10.1. The molecule has 0 spiro atoms. The summed E-state index contributed by atoms with van der Waals surface area (Å²) in [5, 5.41) is 9.15. The van der Waals surface area contributed by atoms with E-state index in [1.54, 1.807) is 0 Å². The molecule has 1 saturated heterocycles. The van der Waals surface area contributed by atoms with Crippen LogP contribution in [0.3, 0.4) is 0 Å². The number of nitrogens with zero attached hydrogens (tertiary/aromatic N) is 3. The Balaban J connectivity index is 2.42. The summed E-state index contributed by atoms with van der Waals surface area (Å²) in [6.07, 6.45) is 0. The van der Waals surface area contributed by atoms with Crippen LogP contribution in [0.15, 0.2) is 23.1 Å². The average Bonchev–Trinajstić information content (AvgIpc) is 2.43.